The highest BCUT2D eigenvalue weighted by atomic mass is 19.1. The van der Waals surface area contributed by atoms with E-state index in [0.29, 0.717) is 51.4 Å². The summed E-state index contributed by atoms with van der Waals surface area (Å²) in [5.41, 5.74) is 0.642. The van der Waals surface area contributed by atoms with Crippen LogP contribution in [0.15, 0.2) is 24.3 Å². The topological polar surface area (TPSA) is 71.1 Å². The van der Waals surface area contributed by atoms with Gasteiger partial charge in [-0.15, -0.1) is 0 Å². The van der Waals surface area contributed by atoms with Gasteiger partial charge in [0.15, 0.2) is 5.79 Å². The van der Waals surface area contributed by atoms with E-state index in [-0.39, 0.29) is 30.2 Å². The summed E-state index contributed by atoms with van der Waals surface area (Å²) in [6, 6.07) is 5.37. The van der Waals surface area contributed by atoms with Crippen LogP contribution in [-0.2, 0) is 14.3 Å². The largest absolute Gasteiger partial charge is 0.347 e. The average Bonchev–Trinajstić information content (AvgIpc) is 3.23. The fourth-order valence-electron chi connectivity index (χ4n) is 3.78. The normalized spacial score (nSPS) is 25.1. The molecule has 1 atom stereocenters. The van der Waals surface area contributed by atoms with Crippen molar-refractivity contribution in [3.05, 3.63) is 30.1 Å². The molecule has 7 nitrogen and oxygen atoms in total. The molecule has 3 aliphatic heterocycles. The van der Waals surface area contributed by atoms with Crippen LogP contribution in [0.5, 0.6) is 0 Å². The van der Waals surface area contributed by atoms with Crippen LogP contribution in [0, 0.1) is 5.82 Å². The Morgan fingerprint density at radius 2 is 1.81 bits per heavy atom. The summed E-state index contributed by atoms with van der Waals surface area (Å²) in [6.45, 7) is 2.73. The van der Waals surface area contributed by atoms with E-state index in [1.807, 2.05) is 0 Å². The number of anilines is 1. The van der Waals surface area contributed by atoms with Gasteiger partial charge in [0.05, 0.1) is 19.3 Å². The Balaban J connectivity index is 1.31. The van der Waals surface area contributed by atoms with Gasteiger partial charge < -0.3 is 24.6 Å². The number of carbonyl (C=O) groups excluding carboxylic acids is 2. The molecule has 8 heteroatoms. The van der Waals surface area contributed by atoms with E-state index >= 15 is 0 Å². The number of rotatable bonds is 2. The molecule has 26 heavy (non-hydrogen) atoms. The molecule has 0 aliphatic carbocycles. The number of nitrogens with one attached hydrogen (secondary N) is 1. The molecule has 3 aliphatic rings. The molecule has 0 radical (unpaired) electrons. The molecule has 1 aromatic rings. The maximum Gasteiger partial charge on any atom is 0.317 e. The number of nitrogens with zero attached hydrogens (tertiary/aromatic N) is 2. The lowest BCUT2D eigenvalue weighted by Gasteiger charge is -2.37. The lowest BCUT2D eigenvalue weighted by atomic mass is 10.0. The van der Waals surface area contributed by atoms with Gasteiger partial charge in [0.1, 0.15) is 5.82 Å². The fourth-order valence-corrected chi connectivity index (χ4v) is 3.78. The third-order valence-corrected chi connectivity index (χ3v) is 5.22. The Morgan fingerprint density at radius 3 is 2.46 bits per heavy atom. The predicted octanol–water partition coefficient (Wildman–Crippen LogP) is 1.48. The molecule has 4 rings (SSSR count). The SMILES string of the molecule is O=C(N[C@H]1CC(=O)N(c2ccc(F)cc2)C1)N1CCC2(CC1)OCCO2. The summed E-state index contributed by atoms with van der Waals surface area (Å²) in [4.78, 5) is 28.1. The molecule has 1 N–H and O–H groups in total. The molecule has 0 unspecified atom stereocenters. The third-order valence-electron chi connectivity index (χ3n) is 5.22. The zero-order valence-corrected chi connectivity index (χ0v) is 14.4. The van der Waals surface area contributed by atoms with E-state index in [1.165, 1.54) is 12.1 Å². The minimum absolute atomic E-state index is 0.0766. The first-order valence-electron chi connectivity index (χ1n) is 8.94. The van der Waals surface area contributed by atoms with Crippen LogP contribution in [0.3, 0.4) is 0 Å². The van der Waals surface area contributed by atoms with Crippen molar-refractivity contribution in [1.82, 2.24) is 10.2 Å². The van der Waals surface area contributed by atoms with Gasteiger partial charge in [0, 0.05) is 44.6 Å². The second kappa shape index (κ2) is 6.85. The first-order valence-corrected chi connectivity index (χ1v) is 8.94. The van der Waals surface area contributed by atoms with E-state index in [4.69, 9.17) is 9.47 Å². The minimum Gasteiger partial charge on any atom is -0.347 e. The van der Waals surface area contributed by atoms with Gasteiger partial charge in [-0.3, -0.25) is 4.79 Å². The lowest BCUT2D eigenvalue weighted by molar-refractivity contribution is -0.181. The van der Waals surface area contributed by atoms with E-state index in [0.717, 1.165) is 0 Å². The Kier molecular flexibility index (Phi) is 4.54. The van der Waals surface area contributed by atoms with Gasteiger partial charge in [-0.1, -0.05) is 0 Å². The number of carbonyl (C=O) groups is 2. The van der Waals surface area contributed by atoms with E-state index in [1.54, 1.807) is 21.9 Å². The van der Waals surface area contributed by atoms with Crippen molar-refractivity contribution < 1.29 is 23.5 Å². The highest BCUT2D eigenvalue weighted by Gasteiger charge is 2.41. The van der Waals surface area contributed by atoms with Gasteiger partial charge in [-0.25, -0.2) is 9.18 Å². The molecule has 3 heterocycles. The van der Waals surface area contributed by atoms with Crippen molar-refractivity contribution in [2.75, 3.05) is 37.7 Å². The number of hydrogen-bond donors (Lipinski definition) is 1. The molecule has 3 amide bonds. The number of hydrogen-bond acceptors (Lipinski definition) is 4. The number of amides is 3. The van der Waals surface area contributed by atoms with Crippen molar-refractivity contribution in [2.45, 2.75) is 31.1 Å². The van der Waals surface area contributed by atoms with Crippen molar-refractivity contribution >= 4 is 17.6 Å². The third kappa shape index (κ3) is 3.39. The summed E-state index contributed by atoms with van der Waals surface area (Å²) in [5, 5.41) is 2.94. The smallest absolute Gasteiger partial charge is 0.317 e. The lowest BCUT2D eigenvalue weighted by Crippen LogP contribution is -2.52. The molecule has 0 aromatic heterocycles. The maximum absolute atomic E-state index is 13.1. The second-order valence-electron chi connectivity index (χ2n) is 6.93. The van der Waals surface area contributed by atoms with Crippen LogP contribution in [0.4, 0.5) is 14.9 Å². The number of ether oxygens (including phenoxy) is 2. The molecule has 0 bridgehead atoms. The zero-order valence-electron chi connectivity index (χ0n) is 14.4. The van der Waals surface area contributed by atoms with Crippen LogP contribution in [0.2, 0.25) is 0 Å². The highest BCUT2D eigenvalue weighted by molar-refractivity contribution is 5.96. The highest BCUT2D eigenvalue weighted by Crippen LogP contribution is 2.31. The molecule has 140 valence electrons. The number of halogens is 1. The monoisotopic (exact) mass is 363 g/mol. The van der Waals surface area contributed by atoms with Crippen LogP contribution in [-0.4, -0.2) is 61.5 Å². The zero-order chi connectivity index (χ0) is 18.1. The second-order valence-corrected chi connectivity index (χ2v) is 6.93. The van der Waals surface area contributed by atoms with Crippen molar-refractivity contribution in [3.8, 4) is 0 Å². The van der Waals surface area contributed by atoms with E-state index < -0.39 is 5.79 Å². The molecular weight excluding hydrogens is 341 g/mol. The Morgan fingerprint density at radius 1 is 1.15 bits per heavy atom. The number of piperidine rings is 1. The first kappa shape index (κ1) is 17.2. The maximum atomic E-state index is 13.1. The summed E-state index contributed by atoms with van der Waals surface area (Å²) in [5.74, 6) is -0.935. The van der Waals surface area contributed by atoms with Crippen molar-refractivity contribution in [3.63, 3.8) is 0 Å². The van der Waals surface area contributed by atoms with Crippen LogP contribution in [0.25, 0.3) is 0 Å². The van der Waals surface area contributed by atoms with Crippen molar-refractivity contribution in [2.24, 2.45) is 0 Å². The number of likely N-dealkylation sites (tertiary alicyclic amines) is 1. The number of urea groups is 1. The average molecular weight is 363 g/mol. The number of benzene rings is 1. The van der Waals surface area contributed by atoms with Gasteiger partial charge >= 0.3 is 6.03 Å². The van der Waals surface area contributed by atoms with Crippen LogP contribution >= 0.6 is 0 Å². The van der Waals surface area contributed by atoms with E-state index in [9.17, 15) is 14.0 Å². The van der Waals surface area contributed by atoms with Gasteiger partial charge in [-0.05, 0) is 24.3 Å². The van der Waals surface area contributed by atoms with Crippen LogP contribution < -0.4 is 10.2 Å². The standard InChI is InChI=1S/C18H22FN3O4/c19-13-1-3-15(4-2-13)22-12-14(11-16(22)23)20-17(24)21-7-5-18(6-8-21)25-9-10-26-18/h1-4,14H,5-12H2,(H,20,24)/t14-/m0/s1. The molecule has 1 aromatic carbocycles. The predicted molar refractivity (Wildman–Crippen MR) is 91.1 cm³/mol. The molecule has 3 fully saturated rings. The quantitative estimate of drug-likeness (QED) is 0.864. The van der Waals surface area contributed by atoms with E-state index in [2.05, 4.69) is 5.32 Å². The summed E-state index contributed by atoms with van der Waals surface area (Å²) >= 11 is 0. The van der Waals surface area contributed by atoms with Gasteiger partial charge in [0.2, 0.25) is 5.91 Å². The Bertz CT molecular complexity index is 680. The summed E-state index contributed by atoms with van der Waals surface area (Å²) in [7, 11) is 0. The molecule has 0 saturated carbocycles. The van der Waals surface area contributed by atoms with Crippen LogP contribution in [0.1, 0.15) is 19.3 Å². The van der Waals surface area contributed by atoms with Crippen molar-refractivity contribution in [1.29, 1.82) is 0 Å². The summed E-state index contributed by atoms with van der Waals surface area (Å²) < 4.78 is 24.4. The molecule has 1 spiro atoms. The molecule has 3 saturated heterocycles. The minimum atomic E-state index is -0.514. The fraction of sp³-hybridized carbons (Fsp3) is 0.556. The summed E-state index contributed by atoms with van der Waals surface area (Å²) in [6.07, 6.45) is 1.56. The van der Waals surface area contributed by atoms with Gasteiger partial charge in [0.25, 0.3) is 0 Å². The van der Waals surface area contributed by atoms with Gasteiger partial charge in [-0.2, -0.15) is 0 Å². The Labute approximate surface area is 151 Å². The first-order chi connectivity index (χ1) is 12.5. The Hall–Kier alpha value is -2.19. The molecular formula is C18H22FN3O4.